The number of amides is 1. The molecule has 2 aromatic rings. The first-order valence-electron chi connectivity index (χ1n) is 5.38. The van der Waals surface area contributed by atoms with E-state index >= 15 is 0 Å². The molecule has 4 heteroatoms. The fraction of sp³-hybridized carbons (Fsp3) is 0.0714. The summed E-state index contributed by atoms with van der Waals surface area (Å²) in [5.41, 5.74) is 1.29. The number of para-hydroxylation sites is 1. The summed E-state index contributed by atoms with van der Waals surface area (Å²) >= 11 is 1.88. The summed E-state index contributed by atoms with van der Waals surface area (Å²) in [6.45, 7) is 0. The molecular formula is C14H11FINO. The molecule has 0 fully saturated rings. The topological polar surface area (TPSA) is 20.3 Å². The number of rotatable bonds is 2. The first-order valence-corrected chi connectivity index (χ1v) is 6.45. The van der Waals surface area contributed by atoms with Gasteiger partial charge < -0.3 is 4.90 Å². The van der Waals surface area contributed by atoms with Crippen LogP contribution >= 0.6 is 22.6 Å². The van der Waals surface area contributed by atoms with Gasteiger partial charge in [0.05, 0.1) is 0 Å². The van der Waals surface area contributed by atoms with Crippen molar-refractivity contribution in [3.05, 3.63) is 63.5 Å². The van der Waals surface area contributed by atoms with Crippen molar-refractivity contribution < 1.29 is 9.18 Å². The lowest BCUT2D eigenvalue weighted by atomic mass is 10.2. The van der Waals surface area contributed by atoms with E-state index in [1.807, 2.05) is 52.9 Å². The molecule has 2 rings (SSSR count). The molecule has 0 spiro atoms. The SMILES string of the molecule is CN(C(=O)c1ccc(F)c(I)c1)c1ccccc1. The Balaban J connectivity index is 2.29. The van der Waals surface area contributed by atoms with E-state index in [1.54, 1.807) is 18.0 Å². The van der Waals surface area contributed by atoms with Gasteiger partial charge in [-0.1, -0.05) is 18.2 Å². The molecule has 18 heavy (non-hydrogen) atoms. The standard InChI is InChI=1S/C14H11FINO/c1-17(11-5-3-2-4-6-11)14(18)10-7-8-12(15)13(16)9-10/h2-9H,1H3. The molecule has 0 saturated carbocycles. The molecule has 0 saturated heterocycles. The van der Waals surface area contributed by atoms with Crippen molar-refractivity contribution >= 4 is 34.2 Å². The summed E-state index contributed by atoms with van der Waals surface area (Å²) in [7, 11) is 1.70. The lowest BCUT2D eigenvalue weighted by molar-refractivity contribution is 0.0993. The molecule has 0 radical (unpaired) electrons. The summed E-state index contributed by atoms with van der Waals surface area (Å²) in [5, 5.41) is 0. The Hall–Kier alpha value is -1.43. The maximum atomic E-state index is 13.2. The van der Waals surface area contributed by atoms with E-state index in [0.29, 0.717) is 9.13 Å². The van der Waals surface area contributed by atoms with E-state index in [1.165, 1.54) is 12.1 Å². The first kappa shape index (κ1) is 13.0. The number of halogens is 2. The van der Waals surface area contributed by atoms with E-state index in [2.05, 4.69) is 0 Å². The van der Waals surface area contributed by atoms with Crippen molar-refractivity contribution in [3.63, 3.8) is 0 Å². The van der Waals surface area contributed by atoms with Gasteiger partial charge in [0.15, 0.2) is 0 Å². The Bertz CT molecular complexity index is 571. The van der Waals surface area contributed by atoms with Crippen LogP contribution < -0.4 is 4.90 Å². The fourth-order valence-corrected chi connectivity index (χ4v) is 2.11. The third-order valence-electron chi connectivity index (χ3n) is 2.61. The van der Waals surface area contributed by atoms with Gasteiger partial charge in [-0.2, -0.15) is 0 Å². The Labute approximate surface area is 119 Å². The minimum absolute atomic E-state index is 0.154. The summed E-state index contributed by atoms with van der Waals surface area (Å²) in [6.07, 6.45) is 0. The molecule has 92 valence electrons. The molecule has 0 aliphatic carbocycles. The zero-order valence-corrected chi connectivity index (χ0v) is 11.9. The zero-order chi connectivity index (χ0) is 13.1. The fourth-order valence-electron chi connectivity index (χ4n) is 1.59. The predicted molar refractivity (Wildman–Crippen MR) is 78.3 cm³/mol. The molecule has 0 aromatic heterocycles. The normalized spacial score (nSPS) is 10.2. The molecular weight excluding hydrogens is 344 g/mol. The Kier molecular flexibility index (Phi) is 3.96. The molecule has 0 bridgehead atoms. The van der Waals surface area contributed by atoms with Crippen LogP contribution in [-0.2, 0) is 0 Å². The molecule has 0 aliphatic rings. The average molecular weight is 355 g/mol. The lowest BCUT2D eigenvalue weighted by Gasteiger charge is -2.17. The van der Waals surface area contributed by atoms with Gasteiger partial charge in [-0.05, 0) is 52.9 Å². The summed E-state index contributed by atoms with van der Waals surface area (Å²) in [6, 6.07) is 13.7. The van der Waals surface area contributed by atoms with Crippen molar-refractivity contribution in [1.82, 2.24) is 0 Å². The highest BCUT2D eigenvalue weighted by Gasteiger charge is 2.14. The second-order valence-corrected chi connectivity index (χ2v) is 4.99. The third kappa shape index (κ3) is 2.69. The monoisotopic (exact) mass is 355 g/mol. The maximum absolute atomic E-state index is 13.2. The van der Waals surface area contributed by atoms with E-state index in [4.69, 9.17) is 0 Å². The third-order valence-corrected chi connectivity index (χ3v) is 3.44. The van der Waals surface area contributed by atoms with Gasteiger partial charge in [0, 0.05) is 21.9 Å². The molecule has 2 aromatic carbocycles. The lowest BCUT2D eigenvalue weighted by Crippen LogP contribution is -2.26. The van der Waals surface area contributed by atoms with Crippen molar-refractivity contribution in [2.75, 3.05) is 11.9 Å². The molecule has 0 heterocycles. The molecule has 0 N–H and O–H groups in total. The van der Waals surface area contributed by atoms with Crippen LogP contribution in [0.3, 0.4) is 0 Å². The van der Waals surface area contributed by atoms with Crippen molar-refractivity contribution in [2.24, 2.45) is 0 Å². The predicted octanol–water partition coefficient (Wildman–Crippen LogP) is 3.71. The van der Waals surface area contributed by atoms with E-state index in [-0.39, 0.29) is 11.7 Å². The summed E-state index contributed by atoms with van der Waals surface area (Å²) in [4.78, 5) is 13.8. The van der Waals surface area contributed by atoms with Crippen LogP contribution in [0.15, 0.2) is 48.5 Å². The zero-order valence-electron chi connectivity index (χ0n) is 9.73. The Morgan fingerprint density at radius 1 is 1.17 bits per heavy atom. The van der Waals surface area contributed by atoms with Crippen LogP contribution in [-0.4, -0.2) is 13.0 Å². The van der Waals surface area contributed by atoms with Crippen LogP contribution in [0.4, 0.5) is 10.1 Å². The quantitative estimate of drug-likeness (QED) is 0.753. The second kappa shape index (κ2) is 5.48. The maximum Gasteiger partial charge on any atom is 0.258 e. The average Bonchev–Trinajstić information content (AvgIpc) is 2.41. The van der Waals surface area contributed by atoms with Crippen LogP contribution in [0.25, 0.3) is 0 Å². The highest BCUT2D eigenvalue weighted by atomic mass is 127. The van der Waals surface area contributed by atoms with Crippen LogP contribution in [0, 0.1) is 9.39 Å². The highest BCUT2D eigenvalue weighted by molar-refractivity contribution is 14.1. The van der Waals surface area contributed by atoms with Crippen LogP contribution in [0.1, 0.15) is 10.4 Å². The number of nitrogens with zero attached hydrogens (tertiary/aromatic N) is 1. The first-order chi connectivity index (χ1) is 8.59. The summed E-state index contributed by atoms with van der Waals surface area (Å²) < 4.78 is 13.6. The number of hydrogen-bond acceptors (Lipinski definition) is 1. The minimum atomic E-state index is -0.311. The second-order valence-electron chi connectivity index (χ2n) is 3.83. The highest BCUT2D eigenvalue weighted by Crippen LogP contribution is 2.17. The number of carbonyl (C=O) groups excluding carboxylic acids is 1. The van der Waals surface area contributed by atoms with Gasteiger partial charge in [-0.15, -0.1) is 0 Å². The van der Waals surface area contributed by atoms with Crippen LogP contribution in [0.2, 0.25) is 0 Å². The van der Waals surface area contributed by atoms with Crippen molar-refractivity contribution in [2.45, 2.75) is 0 Å². The molecule has 0 aliphatic heterocycles. The van der Waals surface area contributed by atoms with Crippen LogP contribution in [0.5, 0.6) is 0 Å². The smallest absolute Gasteiger partial charge is 0.258 e. The van der Waals surface area contributed by atoms with Crippen molar-refractivity contribution in [3.8, 4) is 0 Å². The summed E-state index contributed by atoms with van der Waals surface area (Å²) in [5.74, 6) is -0.464. The van der Waals surface area contributed by atoms with E-state index in [9.17, 15) is 9.18 Å². The van der Waals surface area contributed by atoms with Gasteiger partial charge in [-0.3, -0.25) is 4.79 Å². The number of benzene rings is 2. The minimum Gasteiger partial charge on any atom is -0.311 e. The van der Waals surface area contributed by atoms with Gasteiger partial charge in [-0.25, -0.2) is 4.39 Å². The van der Waals surface area contributed by atoms with Gasteiger partial charge in [0.2, 0.25) is 0 Å². The van der Waals surface area contributed by atoms with Gasteiger partial charge in [0.25, 0.3) is 5.91 Å². The molecule has 1 amide bonds. The number of carbonyl (C=O) groups is 1. The molecule has 0 atom stereocenters. The van der Waals surface area contributed by atoms with E-state index < -0.39 is 0 Å². The Morgan fingerprint density at radius 2 is 1.83 bits per heavy atom. The van der Waals surface area contributed by atoms with E-state index in [0.717, 1.165) is 5.69 Å². The largest absolute Gasteiger partial charge is 0.311 e. The van der Waals surface area contributed by atoms with Crippen molar-refractivity contribution in [1.29, 1.82) is 0 Å². The number of anilines is 1. The van der Waals surface area contributed by atoms with Gasteiger partial charge in [0.1, 0.15) is 5.82 Å². The molecule has 0 unspecified atom stereocenters. The molecule has 2 nitrogen and oxygen atoms in total. The van der Waals surface area contributed by atoms with Gasteiger partial charge >= 0.3 is 0 Å². The number of hydrogen-bond donors (Lipinski definition) is 0. The Morgan fingerprint density at radius 3 is 2.44 bits per heavy atom.